The Hall–Kier alpha value is -3.93. The van der Waals surface area contributed by atoms with E-state index in [1.807, 2.05) is 64.1 Å². The fraction of sp³-hybridized carbons (Fsp3) is 0.160. The lowest BCUT2D eigenvalue weighted by Crippen LogP contribution is -2.54. The highest BCUT2D eigenvalue weighted by Gasteiger charge is 2.37. The molecule has 31 heavy (non-hydrogen) atoms. The van der Waals surface area contributed by atoms with Crippen LogP contribution in [0.1, 0.15) is 28.1 Å². The summed E-state index contributed by atoms with van der Waals surface area (Å²) in [4.78, 5) is 39.1. The third-order valence-electron chi connectivity index (χ3n) is 5.42. The molecule has 0 aliphatic carbocycles. The normalized spacial score (nSPS) is 15.5. The number of urea groups is 1. The molecule has 1 saturated heterocycles. The molecule has 1 aromatic heterocycles. The van der Waals surface area contributed by atoms with Crippen molar-refractivity contribution in [3.8, 4) is 5.69 Å². The number of carbonyl (C=O) groups excluding carboxylic acids is 3. The molecule has 0 radical (unpaired) electrons. The highest BCUT2D eigenvalue weighted by atomic mass is 16.2. The van der Waals surface area contributed by atoms with Crippen LogP contribution in [0.25, 0.3) is 11.8 Å². The van der Waals surface area contributed by atoms with Gasteiger partial charge < -0.3 is 4.57 Å². The SMILES string of the molecule is Cc1ccc(-n2c(C)cc(/C=C3/C(=O)NC(=O)N(c4cccc(C)c4)C3=O)c2C)cc1. The minimum atomic E-state index is -0.747. The first-order valence-corrected chi connectivity index (χ1v) is 10.0. The molecule has 0 bridgehead atoms. The number of aryl methyl sites for hydroxylation is 3. The molecular formula is C25H23N3O3. The van der Waals surface area contributed by atoms with Gasteiger partial charge in [0.25, 0.3) is 11.8 Å². The third-order valence-corrected chi connectivity index (χ3v) is 5.42. The number of anilines is 1. The van der Waals surface area contributed by atoms with Crippen molar-refractivity contribution in [2.24, 2.45) is 0 Å². The zero-order valence-electron chi connectivity index (χ0n) is 17.9. The van der Waals surface area contributed by atoms with Gasteiger partial charge in [0.15, 0.2) is 0 Å². The molecule has 156 valence electrons. The number of imide groups is 2. The molecule has 6 nitrogen and oxygen atoms in total. The quantitative estimate of drug-likeness (QED) is 0.512. The van der Waals surface area contributed by atoms with Crippen LogP contribution in [0.2, 0.25) is 0 Å². The van der Waals surface area contributed by atoms with Gasteiger partial charge in [-0.05, 0) is 75.2 Å². The summed E-state index contributed by atoms with van der Waals surface area (Å²) in [7, 11) is 0. The zero-order chi connectivity index (χ0) is 22.3. The molecule has 6 heteroatoms. The van der Waals surface area contributed by atoms with E-state index in [-0.39, 0.29) is 5.57 Å². The molecule has 1 N–H and O–H groups in total. The third kappa shape index (κ3) is 3.68. The van der Waals surface area contributed by atoms with Crippen molar-refractivity contribution in [1.82, 2.24) is 9.88 Å². The maximum absolute atomic E-state index is 13.1. The fourth-order valence-corrected chi connectivity index (χ4v) is 3.84. The average Bonchev–Trinajstić information content (AvgIpc) is 2.99. The highest BCUT2D eigenvalue weighted by Crippen LogP contribution is 2.26. The van der Waals surface area contributed by atoms with Crippen LogP contribution < -0.4 is 10.2 Å². The van der Waals surface area contributed by atoms with Crippen LogP contribution in [-0.2, 0) is 9.59 Å². The molecular weight excluding hydrogens is 390 g/mol. The minimum Gasteiger partial charge on any atom is -0.318 e. The topological polar surface area (TPSA) is 71.4 Å². The van der Waals surface area contributed by atoms with Gasteiger partial charge in [0.2, 0.25) is 0 Å². The van der Waals surface area contributed by atoms with Crippen molar-refractivity contribution >= 4 is 29.6 Å². The molecule has 0 atom stereocenters. The van der Waals surface area contributed by atoms with E-state index in [2.05, 4.69) is 9.88 Å². The highest BCUT2D eigenvalue weighted by molar-refractivity contribution is 6.39. The standard InChI is InChI=1S/C25H23N3O3/c1-15-8-10-20(11-9-15)27-17(3)13-19(18(27)4)14-22-23(29)26-25(31)28(24(22)30)21-7-5-6-16(2)12-21/h5-14H,1-4H3,(H,26,29,31)/b22-14-. The lowest BCUT2D eigenvalue weighted by Gasteiger charge is -2.26. The van der Waals surface area contributed by atoms with E-state index in [1.165, 1.54) is 5.56 Å². The van der Waals surface area contributed by atoms with E-state index in [4.69, 9.17) is 0 Å². The van der Waals surface area contributed by atoms with Gasteiger partial charge in [0.1, 0.15) is 5.57 Å². The van der Waals surface area contributed by atoms with Gasteiger partial charge >= 0.3 is 6.03 Å². The second-order valence-corrected chi connectivity index (χ2v) is 7.79. The Morgan fingerprint density at radius 3 is 2.19 bits per heavy atom. The van der Waals surface area contributed by atoms with E-state index in [9.17, 15) is 14.4 Å². The minimum absolute atomic E-state index is 0.0785. The van der Waals surface area contributed by atoms with Crippen LogP contribution in [0.15, 0.2) is 60.2 Å². The summed E-state index contributed by atoms with van der Waals surface area (Å²) < 4.78 is 2.07. The maximum atomic E-state index is 13.1. The van der Waals surface area contributed by atoms with Crippen molar-refractivity contribution in [3.63, 3.8) is 0 Å². The number of hydrogen-bond acceptors (Lipinski definition) is 3. The smallest absolute Gasteiger partial charge is 0.318 e. The number of rotatable bonds is 3. The Balaban J connectivity index is 1.76. The molecule has 1 aliphatic heterocycles. The summed E-state index contributed by atoms with van der Waals surface area (Å²) in [5.41, 5.74) is 6.03. The van der Waals surface area contributed by atoms with Crippen LogP contribution in [0.5, 0.6) is 0 Å². The predicted molar refractivity (Wildman–Crippen MR) is 120 cm³/mol. The molecule has 0 unspecified atom stereocenters. The summed E-state index contributed by atoms with van der Waals surface area (Å²) in [6.45, 7) is 7.81. The number of nitrogens with one attached hydrogen (secondary N) is 1. The molecule has 1 fully saturated rings. The molecule has 4 amide bonds. The van der Waals surface area contributed by atoms with Crippen molar-refractivity contribution in [3.05, 3.63) is 88.2 Å². The summed E-state index contributed by atoms with van der Waals surface area (Å²) in [6, 6.07) is 16.4. The number of aromatic nitrogens is 1. The number of carbonyl (C=O) groups is 3. The van der Waals surface area contributed by atoms with Gasteiger partial charge in [0.05, 0.1) is 5.69 Å². The van der Waals surface area contributed by atoms with Gasteiger partial charge in [-0.3, -0.25) is 14.9 Å². The van der Waals surface area contributed by atoms with E-state index < -0.39 is 17.8 Å². The summed E-state index contributed by atoms with van der Waals surface area (Å²) in [6.07, 6.45) is 1.56. The van der Waals surface area contributed by atoms with E-state index in [0.717, 1.165) is 33.1 Å². The van der Waals surface area contributed by atoms with Crippen LogP contribution in [0, 0.1) is 27.7 Å². The number of hydrogen-bond donors (Lipinski definition) is 1. The van der Waals surface area contributed by atoms with Gasteiger partial charge in [-0.1, -0.05) is 29.8 Å². The average molecular weight is 413 g/mol. The first-order valence-electron chi connectivity index (χ1n) is 10.0. The largest absolute Gasteiger partial charge is 0.335 e. The molecule has 0 spiro atoms. The molecule has 0 saturated carbocycles. The number of nitrogens with zero attached hydrogens (tertiary/aromatic N) is 2. The second kappa shape index (κ2) is 7.72. The maximum Gasteiger partial charge on any atom is 0.335 e. The molecule has 3 aromatic rings. The molecule has 2 aromatic carbocycles. The van der Waals surface area contributed by atoms with Gasteiger partial charge in [0, 0.05) is 17.1 Å². The molecule has 1 aliphatic rings. The van der Waals surface area contributed by atoms with Crippen molar-refractivity contribution in [1.29, 1.82) is 0 Å². The summed E-state index contributed by atoms with van der Waals surface area (Å²) in [5.74, 6) is -1.33. The molecule has 4 rings (SSSR count). The predicted octanol–water partition coefficient (Wildman–Crippen LogP) is 4.38. The Labute approximate surface area is 180 Å². The number of barbiturate groups is 1. The van der Waals surface area contributed by atoms with Crippen LogP contribution >= 0.6 is 0 Å². The van der Waals surface area contributed by atoms with Crippen LogP contribution in [-0.4, -0.2) is 22.4 Å². The Morgan fingerprint density at radius 2 is 1.52 bits per heavy atom. The lowest BCUT2D eigenvalue weighted by atomic mass is 10.1. The van der Waals surface area contributed by atoms with E-state index in [0.29, 0.717) is 5.69 Å². The second-order valence-electron chi connectivity index (χ2n) is 7.79. The summed E-state index contributed by atoms with van der Waals surface area (Å²) in [5, 5.41) is 2.28. The number of benzene rings is 2. The first kappa shape index (κ1) is 20.3. The lowest BCUT2D eigenvalue weighted by molar-refractivity contribution is -0.122. The van der Waals surface area contributed by atoms with Crippen molar-refractivity contribution in [2.45, 2.75) is 27.7 Å². The van der Waals surface area contributed by atoms with E-state index >= 15 is 0 Å². The van der Waals surface area contributed by atoms with Crippen molar-refractivity contribution < 1.29 is 14.4 Å². The molecule has 2 heterocycles. The van der Waals surface area contributed by atoms with Gasteiger partial charge in [-0.2, -0.15) is 0 Å². The monoisotopic (exact) mass is 413 g/mol. The first-order chi connectivity index (χ1) is 14.8. The van der Waals surface area contributed by atoms with Crippen LogP contribution in [0.3, 0.4) is 0 Å². The number of amides is 4. The Kier molecular flexibility index (Phi) is 5.07. The van der Waals surface area contributed by atoms with Gasteiger partial charge in [-0.25, -0.2) is 9.69 Å². The summed E-state index contributed by atoms with van der Waals surface area (Å²) >= 11 is 0. The van der Waals surface area contributed by atoms with E-state index in [1.54, 1.807) is 24.3 Å². The zero-order valence-corrected chi connectivity index (χ0v) is 17.9. The van der Waals surface area contributed by atoms with Gasteiger partial charge in [-0.15, -0.1) is 0 Å². The Bertz CT molecular complexity index is 1250. The van der Waals surface area contributed by atoms with Crippen LogP contribution in [0.4, 0.5) is 10.5 Å². The van der Waals surface area contributed by atoms with Crippen molar-refractivity contribution in [2.75, 3.05) is 4.90 Å². The Morgan fingerprint density at radius 1 is 0.806 bits per heavy atom. The fourth-order valence-electron chi connectivity index (χ4n) is 3.84.